The first kappa shape index (κ1) is 9.47. The van der Waals surface area contributed by atoms with Gasteiger partial charge in [0.1, 0.15) is 0 Å². The third-order valence-electron chi connectivity index (χ3n) is 3.18. The molecule has 2 fully saturated rings. The molecule has 0 radical (unpaired) electrons. The van der Waals surface area contributed by atoms with Gasteiger partial charge in [-0.2, -0.15) is 0 Å². The summed E-state index contributed by atoms with van der Waals surface area (Å²) in [5.74, 6) is 0.926. The van der Waals surface area contributed by atoms with Gasteiger partial charge in [-0.25, -0.2) is 0 Å². The second-order valence-corrected chi connectivity index (χ2v) is 4.78. The molecule has 0 aromatic heterocycles. The predicted molar refractivity (Wildman–Crippen MR) is 55.9 cm³/mol. The van der Waals surface area contributed by atoms with Gasteiger partial charge in [-0.3, -0.25) is 0 Å². The summed E-state index contributed by atoms with van der Waals surface area (Å²) >= 11 is 0. The molecule has 0 bridgehead atoms. The molecular weight excluding hydrogens is 160 g/mol. The molecule has 2 heteroatoms. The zero-order valence-corrected chi connectivity index (χ0v) is 8.76. The molecule has 13 heavy (non-hydrogen) atoms. The van der Waals surface area contributed by atoms with E-state index in [9.17, 15) is 0 Å². The predicted octanol–water partition coefficient (Wildman–Crippen LogP) is 1.47. The summed E-state index contributed by atoms with van der Waals surface area (Å²) in [5, 5.41) is 3.58. The first-order chi connectivity index (χ1) is 6.34. The highest BCUT2D eigenvalue weighted by Crippen LogP contribution is 2.18. The van der Waals surface area contributed by atoms with E-state index in [2.05, 4.69) is 17.1 Å². The van der Waals surface area contributed by atoms with Gasteiger partial charge >= 0.3 is 0 Å². The molecule has 2 rings (SSSR count). The van der Waals surface area contributed by atoms with E-state index in [0.717, 1.165) is 12.0 Å². The Bertz CT molecular complexity index is 154. The van der Waals surface area contributed by atoms with Gasteiger partial charge in [0.25, 0.3) is 0 Å². The Balaban J connectivity index is 1.56. The maximum absolute atomic E-state index is 3.58. The molecule has 2 aliphatic rings. The summed E-state index contributed by atoms with van der Waals surface area (Å²) in [6, 6.07) is 0.877. The van der Waals surface area contributed by atoms with Crippen molar-refractivity contribution < 1.29 is 0 Å². The topological polar surface area (TPSA) is 15.3 Å². The van der Waals surface area contributed by atoms with E-state index in [1.807, 2.05) is 0 Å². The van der Waals surface area contributed by atoms with Gasteiger partial charge < -0.3 is 10.2 Å². The van der Waals surface area contributed by atoms with Crippen molar-refractivity contribution in [2.24, 2.45) is 5.92 Å². The van der Waals surface area contributed by atoms with Gasteiger partial charge in [0.05, 0.1) is 0 Å². The molecule has 1 unspecified atom stereocenters. The van der Waals surface area contributed by atoms with Crippen molar-refractivity contribution >= 4 is 0 Å². The molecule has 1 aliphatic heterocycles. The largest absolute Gasteiger partial charge is 0.313 e. The quantitative estimate of drug-likeness (QED) is 0.708. The summed E-state index contributed by atoms with van der Waals surface area (Å²) in [7, 11) is 0. The average Bonchev–Trinajstić information content (AvgIpc) is 2.88. The maximum atomic E-state index is 3.58. The van der Waals surface area contributed by atoms with Gasteiger partial charge in [0.2, 0.25) is 0 Å². The van der Waals surface area contributed by atoms with Crippen molar-refractivity contribution in [3.05, 3.63) is 0 Å². The molecule has 1 saturated carbocycles. The third-order valence-corrected chi connectivity index (χ3v) is 3.18. The van der Waals surface area contributed by atoms with Crippen LogP contribution in [0.3, 0.4) is 0 Å². The summed E-state index contributed by atoms with van der Waals surface area (Å²) in [6.45, 7) is 7.50. The number of hydrogen-bond acceptors (Lipinski definition) is 2. The van der Waals surface area contributed by atoms with Crippen LogP contribution in [0.2, 0.25) is 0 Å². The smallest absolute Gasteiger partial charge is 0.0107 e. The van der Waals surface area contributed by atoms with E-state index in [0.29, 0.717) is 0 Å². The first-order valence-corrected chi connectivity index (χ1v) is 5.80. The summed E-state index contributed by atoms with van der Waals surface area (Å²) in [6.07, 6.45) is 5.67. The van der Waals surface area contributed by atoms with E-state index in [-0.39, 0.29) is 0 Å². The van der Waals surface area contributed by atoms with Crippen molar-refractivity contribution in [1.29, 1.82) is 0 Å². The van der Waals surface area contributed by atoms with Crippen molar-refractivity contribution in [1.82, 2.24) is 10.2 Å². The van der Waals surface area contributed by atoms with E-state index >= 15 is 0 Å². The Morgan fingerprint density at radius 3 is 2.85 bits per heavy atom. The van der Waals surface area contributed by atoms with Crippen molar-refractivity contribution in [3.8, 4) is 0 Å². The second kappa shape index (κ2) is 4.43. The molecular formula is C11H22N2. The molecule has 0 spiro atoms. The lowest BCUT2D eigenvalue weighted by Gasteiger charge is -2.30. The minimum Gasteiger partial charge on any atom is -0.313 e. The number of nitrogens with one attached hydrogen (secondary N) is 1. The standard InChI is InChI=1S/C11H22N2/c1-10-3-2-7-13(9-10)8-6-12-11-4-5-11/h10-12H,2-9H2,1H3. The van der Waals surface area contributed by atoms with Crippen LogP contribution in [0.1, 0.15) is 32.6 Å². The second-order valence-electron chi connectivity index (χ2n) is 4.78. The van der Waals surface area contributed by atoms with Gasteiger partial charge in [0, 0.05) is 25.7 Å². The fourth-order valence-electron chi connectivity index (χ4n) is 2.20. The zero-order valence-electron chi connectivity index (χ0n) is 8.76. The first-order valence-electron chi connectivity index (χ1n) is 5.80. The van der Waals surface area contributed by atoms with Gasteiger partial charge in [-0.05, 0) is 38.1 Å². The Kier molecular flexibility index (Phi) is 3.23. The highest BCUT2D eigenvalue weighted by atomic mass is 15.1. The normalized spacial score (nSPS) is 30.7. The number of likely N-dealkylation sites (tertiary alicyclic amines) is 1. The van der Waals surface area contributed by atoms with E-state index in [1.54, 1.807) is 0 Å². The van der Waals surface area contributed by atoms with Gasteiger partial charge in [0.15, 0.2) is 0 Å². The molecule has 1 atom stereocenters. The molecule has 1 N–H and O–H groups in total. The van der Waals surface area contributed by atoms with Crippen molar-refractivity contribution in [2.75, 3.05) is 26.2 Å². The minimum atomic E-state index is 0.877. The zero-order chi connectivity index (χ0) is 9.10. The van der Waals surface area contributed by atoms with Crippen LogP contribution in [0.15, 0.2) is 0 Å². The summed E-state index contributed by atoms with van der Waals surface area (Å²) in [4.78, 5) is 2.61. The number of hydrogen-bond donors (Lipinski definition) is 1. The lowest BCUT2D eigenvalue weighted by Crippen LogP contribution is -2.39. The Morgan fingerprint density at radius 2 is 2.15 bits per heavy atom. The monoisotopic (exact) mass is 182 g/mol. The molecule has 0 amide bonds. The van der Waals surface area contributed by atoms with Crippen LogP contribution in [0.5, 0.6) is 0 Å². The Hall–Kier alpha value is -0.0800. The SMILES string of the molecule is CC1CCCN(CCNC2CC2)C1. The third kappa shape index (κ3) is 3.28. The highest BCUT2D eigenvalue weighted by molar-refractivity contribution is 4.81. The van der Waals surface area contributed by atoms with Crippen LogP contribution in [-0.4, -0.2) is 37.1 Å². The highest BCUT2D eigenvalue weighted by Gasteiger charge is 2.21. The fourth-order valence-corrected chi connectivity index (χ4v) is 2.20. The molecule has 1 heterocycles. The molecule has 1 saturated heterocycles. The fraction of sp³-hybridized carbons (Fsp3) is 1.00. The number of nitrogens with zero attached hydrogens (tertiary/aromatic N) is 1. The van der Waals surface area contributed by atoms with E-state index in [4.69, 9.17) is 0 Å². The van der Waals surface area contributed by atoms with Crippen LogP contribution >= 0.6 is 0 Å². The summed E-state index contributed by atoms with van der Waals surface area (Å²) in [5.41, 5.74) is 0. The number of rotatable bonds is 4. The molecule has 2 nitrogen and oxygen atoms in total. The molecule has 1 aliphatic carbocycles. The van der Waals surface area contributed by atoms with Gasteiger partial charge in [-0.1, -0.05) is 6.92 Å². The van der Waals surface area contributed by atoms with Crippen LogP contribution in [0.25, 0.3) is 0 Å². The van der Waals surface area contributed by atoms with Crippen LogP contribution in [0, 0.1) is 5.92 Å². The average molecular weight is 182 g/mol. The van der Waals surface area contributed by atoms with Crippen LogP contribution < -0.4 is 5.32 Å². The number of piperidine rings is 1. The van der Waals surface area contributed by atoms with Gasteiger partial charge in [-0.15, -0.1) is 0 Å². The minimum absolute atomic E-state index is 0.877. The summed E-state index contributed by atoms with van der Waals surface area (Å²) < 4.78 is 0. The van der Waals surface area contributed by atoms with E-state index < -0.39 is 0 Å². The molecule has 0 aromatic carbocycles. The van der Waals surface area contributed by atoms with E-state index in [1.165, 1.54) is 51.9 Å². The maximum Gasteiger partial charge on any atom is 0.0107 e. The van der Waals surface area contributed by atoms with Crippen molar-refractivity contribution in [3.63, 3.8) is 0 Å². The van der Waals surface area contributed by atoms with Crippen LogP contribution in [-0.2, 0) is 0 Å². The lowest BCUT2D eigenvalue weighted by atomic mass is 10.0. The Labute approximate surface area is 81.7 Å². The van der Waals surface area contributed by atoms with Crippen LogP contribution in [0.4, 0.5) is 0 Å². The lowest BCUT2D eigenvalue weighted by molar-refractivity contribution is 0.184. The molecule has 0 aromatic rings. The Morgan fingerprint density at radius 1 is 1.31 bits per heavy atom. The van der Waals surface area contributed by atoms with Crippen molar-refractivity contribution in [2.45, 2.75) is 38.6 Å². The molecule has 76 valence electrons.